The third-order valence-electron chi connectivity index (χ3n) is 6.33. The number of piperidine rings is 1. The number of rotatable bonds is 6. The number of nitrogens with zero attached hydrogens (tertiary/aromatic N) is 1. The van der Waals surface area contributed by atoms with Gasteiger partial charge in [0.15, 0.2) is 0 Å². The summed E-state index contributed by atoms with van der Waals surface area (Å²) in [5.74, 6) is -0.836. The van der Waals surface area contributed by atoms with Gasteiger partial charge in [-0.25, -0.2) is 0 Å². The van der Waals surface area contributed by atoms with Crippen molar-refractivity contribution in [1.82, 2.24) is 4.90 Å². The Morgan fingerprint density at radius 2 is 1.64 bits per heavy atom. The van der Waals surface area contributed by atoms with Gasteiger partial charge in [-0.05, 0) is 65.8 Å². The van der Waals surface area contributed by atoms with Gasteiger partial charge in [0.05, 0.1) is 5.56 Å². The van der Waals surface area contributed by atoms with E-state index in [1.807, 2.05) is 24.3 Å². The summed E-state index contributed by atoms with van der Waals surface area (Å²) >= 11 is 0. The molecule has 1 heterocycles. The highest BCUT2D eigenvalue weighted by Gasteiger charge is 2.33. The minimum atomic E-state index is -4.38. The van der Waals surface area contributed by atoms with Crippen LogP contribution in [0, 0.1) is 5.92 Å². The summed E-state index contributed by atoms with van der Waals surface area (Å²) < 4.78 is 39.1. The molecule has 1 saturated heterocycles. The predicted molar refractivity (Wildman–Crippen MR) is 121 cm³/mol. The van der Waals surface area contributed by atoms with Gasteiger partial charge in [0.2, 0.25) is 0 Å². The number of hydrogen-bond donors (Lipinski definition) is 1. The fourth-order valence-corrected chi connectivity index (χ4v) is 4.66. The molecule has 0 bridgehead atoms. The van der Waals surface area contributed by atoms with Crippen molar-refractivity contribution < 1.29 is 23.1 Å². The lowest BCUT2D eigenvalue weighted by molar-refractivity contribution is -0.139. The van der Waals surface area contributed by atoms with Gasteiger partial charge in [-0.2, -0.15) is 13.2 Å². The molecule has 0 radical (unpaired) electrons. The molecule has 0 amide bonds. The minimum Gasteiger partial charge on any atom is -0.481 e. The summed E-state index contributed by atoms with van der Waals surface area (Å²) in [7, 11) is 0. The highest BCUT2D eigenvalue weighted by atomic mass is 19.4. The Labute approximate surface area is 191 Å². The Morgan fingerprint density at radius 1 is 0.939 bits per heavy atom. The zero-order valence-electron chi connectivity index (χ0n) is 18.1. The fourth-order valence-electron chi connectivity index (χ4n) is 4.66. The molecule has 0 spiro atoms. The number of likely N-dealkylation sites (tertiary alicyclic amines) is 1. The van der Waals surface area contributed by atoms with Crippen LogP contribution in [0.4, 0.5) is 13.2 Å². The van der Waals surface area contributed by atoms with Crippen LogP contribution in [0.3, 0.4) is 0 Å². The van der Waals surface area contributed by atoms with Crippen molar-refractivity contribution in [3.63, 3.8) is 0 Å². The van der Waals surface area contributed by atoms with Crippen LogP contribution in [-0.4, -0.2) is 22.5 Å². The quantitative estimate of drug-likeness (QED) is 0.446. The van der Waals surface area contributed by atoms with E-state index in [-0.39, 0.29) is 18.4 Å². The topological polar surface area (TPSA) is 40.5 Å². The van der Waals surface area contributed by atoms with Gasteiger partial charge in [0, 0.05) is 19.0 Å². The predicted octanol–water partition coefficient (Wildman–Crippen LogP) is 6.80. The molecular weight excluding hydrogens is 427 g/mol. The molecule has 1 N–H and O–H groups in total. The molecule has 0 aromatic heterocycles. The molecule has 3 nitrogen and oxygen atoms in total. The zero-order chi connectivity index (χ0) is 23.4. The Bertz CT molecular complexity index is 1080. The number of carbonyl (C=O) groups is 1. The van der Waals surface area contributed by atoms with Crippen LogP contribution in [0.2, 0.25) is 0 Å². The zero-order valence-corrected chi connectivity index (χ0v) is 18.1. The monoisotopic (exact) mass is 453 g/mol. The van der Waals surface area contributed by atoms with Crippen LogP contribution in [-0.2, 0) is 17.5 Å². The lowest BCUT2D eigenvalue weighted by Gasteiger charge is -2.39. The van der Waals surface area contributed by atoms with Gasteiger partial charge >= 0.3 is 12.1 Å². The second-order valence-electron chi connectivity index (χ2n) is 8.66. The molecular formula is C27H26F3NO2. The first kappa shape index (κ1) is 23.1. The van der Waals surface area contributed by atoms with Crippen molar-refractivity contribution in [3.8, 4) is 11.1 Å². The molecule has 0 aliphatic carbocycles. The summed E-state index contributed by atoms with van der Waals surface area (Å²) in [5.41, 5.74) is 3.47. The molecule has 33 heavy (non-hydrogen) atoms. The van der Waals surface area contributed by atoms with Gasteiger partial charge in [-0.15, -0.1) is 0 Å². The molecule has 1 aliphatic rings. The number of hydrogen-bond acceptors (Lipinski definition) is 2. The van der Waals surface area contributed by atoms with E-state index in [4.69, 9.17) is 0 Å². The molecule has 1 aliphatic heterocycles. The van der Waals surface area contributed by atoms with Crippen LogP contribution in [0.25, 0.3) is 11.1 Å². The summed E-state index contributed by atoms with van der Waals surface area (Å²) in [6, 6.07) is 23.5. The molecule has 172 valence electrons. The first-order chi connectivity index (χ1) is 15.8. The number of aliphatic carboxylic acids is 1. The third kappa shape index (κ3) is 5.82. The number of carboxylic acids is 1. The molecule has 2 atom stereocenters. The Morgan fingerprint density at radius 3 is 2.30 bits per heavy atom. The molecule has 3 aromatic carbocycles. The van der Waals surface area contributed by atoms with Crippen molar-refractivity contribution in [1.29, 1.82) is 0 Å². The van der Waals surface area contributed by atoms with Crippen LogP contribution in [0.15, 0.2) is 78.9 Å². The Kier molecular flexibility index (Phi) is 6.84. The second kappa shape index (κ2) is 9.79. The Hall–Kier alpha value is -3.12. The smallest absolute Gasteiger partial charge is 0.416 e. The number of halogens is 3. The molecule has 6 heteroatoms. The third-order valence-corrected chi connectivity index (χ3v) is 6.33. The highest BCUT2D eigenvalue weighted by molar-refractivity contribution is 5.67. The highest BCUT2D eigenvalue weighted by Crippen LogP contribution is 2.38. The summed E-state index contributed by atoms with van der Waals surface area (Å²) in [4.78, 5) is 13.5. The van der Waals surface area contributed by atoms with E-state index in [0.717, 1.165) is 40.8 Å². The summed E-state index contributed by atoms with van der Waals surface area (Å²) in [6.45, 7) is 1.34. The maximum atomic E-state index is 13.0. The molecule has 4 rings (SSSR count). The van der Waals surface area contributed by atoms with Gasteiger partial charge in [0.25, 0.3) is 0 Å². The van der Waals surface area contributed by atoms with Crippen LogP contribution >= 0.6 is 0 Å². The van der Waals surface area contributed by atoms with Gasteiger partial charge in [-0.1, -0.05) is 60.7 Å². The van der Waals surface area contributed by atoms with Crippen molar-refractivity contribution >= 4 is 5.97 Å². The number of carboxylic acid groups (broad SMARTS) is 1. The average Bonchev–Trinajstić information content (AvgIpc) is 2.80. The first-order valence-electron chi connectivity index (χ1n) is 11.1. The van der Waals surface area contributed by atoms with Crippen molar-refractivity contribution in [2.24, 2.45) is 5.92 Å². The SMILES string of the molecule is O=C(O)C[C@@H]1CCN(Cc2cccc(-c3ccccc3)c2)[C@H](c2ccc(C(F)(F)F)cc2)C1. The number of alkyl halides is 3. The summed E-state index contributed by atoms with van der Waals surface area (Å²) in [6.07, 6.45) is -2.94. The van der Waals surface area contributed by atoms with Gasteiger partial charge < -0.3 is 5.11 Å². The van der Waals surface area contributed by atoms with Crippen molar-refractivity contribution in [2.75, 3.05) is 6.54 Å². The Balaban J connectivity index is 1.58. The lowest BCUT2D eigenvalue weighted by atomic mass is 9.84. The largest absolute Gasteiger partial charge is 0.481 e. The molecule has 3 aromatic rings. The number of benzene rings is 3. The van der Waals surface area contributed by atoms with Crippen molar-refractivity contribution in [2.45, 2.75) is 38.0 Å². The van der Waals surface area contributed by atoms with E-state index in [1.54, 1.807) is 0 Å². The maximum absolute atomic E-state index is 13.0. The lowest BCUT2D eigenvalue weighted by Crippen LogP contribution is -2.37. The van der Waals surface area contributed by atoms with Gasteiger partial charge in [-0.3, -0.25) is 9.69 Å². The van der Waals surface area contributed by atoms with Gasteiger partial charge in [0.1, 0.15) is 0 Å². The standard InChI is InChI=1S/C27H26F3NO2/c28-27(29,30)24-11-9-22(10-12-24)25-16-19(17-26(32)33)13-14-31(25)18-20-5-4-8-23(15-20)21-6-2-1-3-7-21/h1-12,15,19,25H,13-14,16-18H2,(H,32,33)/t19-,25+/m1/s1. The van der Waals surface area contributed by atoms with E-state index >= 15 is 0 Å². The van der Waals surface area contributed by atoms with Crippen molar-refractivity contribution in [3.05, 3.63) is 95.6 Å². The normalized spacial score (nSPS) is 19.4. The van der Waals surface area contributed by atoms with Crippen LogP contribution in [0.5, 0.6) is 0 Å². The van der Waals surface area contributed by atoms with E-state index < -0.39 is 17.7 Å². The van der Waals surface area contributed by atoms with E-state index in [9.17, 15) is 23.1 Å². The minimum absolute atomic E-state index is 0.00157. The van der Waals surface area contributed by atoms with E-state index in [2.05, 4.69) is 35.2 Å². The van der Waals surface area contributed by atoms with Crippen LogP contribution < -0.4 is 0 Å². The van der Waals surface area contributed by atoms with E-state index in [1.165, 1.54) is 12.1 Å². The van der Waals surface area contributed by atoms with E-state index in [0.29, 0.717) is 19.5 Å². The molecule has 0 unspecified atom stereocenters. The molecule has 1 fully saturated rings. The second-order valence-corrected chi connectivity index (χ2v) is 8.66. The average molecular weight is 454 g/mol. The van der Waals surface area contributed by atoms with Crippen LogP contribution in [0.1, 0.15) is 42.0 Å². The first-order valence-corrected chi connectivity index (χ1v) is 11.1. The fraction of sp³-hybridized carbons (Fsp3) is 0.296. The molecule has 0 saturated carbocycles. The maximum Gasteiger partial charge on any atom is 0.416 e. The summed E-state index contributed by atoms with van der Waals surface area (Å²) in [5, 5.41) is 9.25.